The fourth-order valence-corrected chi connectivity index (χ4v) is 1.77. The van der Waals surface area contributed by atoms with Gasteiger partial charge < -0.3 is 4.74 Å². The number of carbonyl (C=O) groups is 1. The van der Waals surface area contributed by atoms with Gasteiger partial charge in [0.2, 0.25) is 0 Å². The van der Waals surface area contributed by atoms with Crippen LogP contribution in [0.4, 0.5) is 5.69 Å². The Kier molecular flexibility index (Phi) is 4.98. The number of nitro groups is 1. The van der Waals surface area contributed by atoms with Crippen LogP contribution in [0.15, 0.2) is 48.7 Å². The average molecular weight is 286 g/mol. The van der Waals surface area contributed by atoms with Crippen molar-refractivity contribution in [1.29, 1.82) is 0 Å². The van der Waals surface area contributed by atoms with Crippen molar-refractivity contribution in [2.45, 2.75) is 12.8 Å². The van der Waals surface area contributed by atoms with Crippen LogP contribution in [-0.4, -0.2) is 22.5 Å². The van der Waals surface area contributed by atoms with Gasteiger partial charge in [0.05, 0.1) is 17.1 Å². The number of ether oxygens (including phenoxy) is 1. The smallest absolute Gasteiger partial charge is 0.338 e. The van der Waals surface area contributed by atoms with Crippen molar-refractivity contribution in [2.75, 3.05) is 6.61 Å². The van der Waals surface area contributed by atoms with Crippen molar-refractivity contribution in [2.24, 2.45) is 0 Å². The minimum atomic E-state index is -0.512. The van der Waals surface area contributed by atoms with E-state index >= 15 is 0 Å². The molecule has 0 radical (unpaired) electrons. The normalized spacial score (nSPS) is 10.1. The third-order valence-corrected chi connectivity index (χ3v) is 2.85. The average Bonchev–Trinajstić information content (AvgIpc) is 2.52. The Labute approximate surface area is 121 Å². The molecule has 0 fully saturated rings. The maximum absolute atomic E-state index is 11.7. The number of rotatable bonds is 6. The number of hydrogen-bond donors (Lipinski definition) is 0. The summed E-state index contributed by atoms with van der Waals surface area (Å²) in [5.41, 5.74) is 1.20. The van der Waals surface area contributed by atoms with E-state index in [-0.39, 0.29) is 12.3 Å². The monoisotopic (exact) mass is 286 g/mol. The van der Waals surface area contributed by atoms with Crippen molar-refractivity contribution in [1.82, 2.24) is 4.98 Å². The van der Waals surface area contributed by atoms with E-state index < -0.39 is 10.9 Å². The van der Waals surface area contributed by atoms with E-state index in [2.05, 4.69) is 4.98 Å². The lowest BCUT2D eigenvalue weighted by molar-refractivity contribution is -0.384. The molecule has 0 aliphatic carbocycles. The summed E-state index contributed by atoms with van der Waals surface area (Å²) < 4.78 is 5.11. The topological polar surface area (TPSA) is 82.3 Å². The summed E-state index contributed by atoms with van der Waals surface area (Å²) in [4.78, 5) is 25.9. The molecule has 0 aliphatic heterocycles. The molecule has 0 saturated heterocycles. The minimum Gasteiger partial charge on any atom is -0.462 e. The van der Waals surface area contributed by atoms with E-state index in [1.54, 1.807) is 6.20 Å². The first-order chi connectivity index (χ1) is 10.2. The number of carbonyl (C=O) groups excluding carboxylic acids is 1. The largest absolute Gasteiger partial charge is 0.462 e. The van der Waals surface area contributed by atoms with Gasteiger partial charge in [0.25, 0.3) is 5.69 Å². The number of esters is 1. The van der Waals surface area contributed by atoms with Gasteiger partial charge in [-0.25, -0.2) is 4.79 Å². The molecule has 0 atom stereocenters. The summed E-state index contributed by atoms with van der Waals surface area (Å²) in [6, 6.07) is 11.0. The molecule has 1 aromatic carbocycles. The molecule has 2 rings (SSSR count). The van der Waals surface area contributed by atoms with Crippen LogP contribution in [0.5, 0.6) is 0 Å². The number of aryl methyl sites for hydroxylation is 1. The number of benzene rings is 1. The van der Waals surface area contributed by atoms with Gasteiger partial charge in [0.1, 0.15) is 0 Å². The zero-order valence-electron chi connectivity index (χ0n) is 11.3. The van der Waals surface area contributed by atoms with Gasteiger partial charge in [0.15, 0.2) is 0 Å². The highest BCUT2D eigenvalue weighted by molar-refractivity contribution is 5.89. The third-order valence-electron chi connectivity index (χ3n) is 2.85. The third kappa shape index (κ3) is 4.38. The summed E-state index contributed by atoms with van der Waals surface area (Å²) in [5.74, 6) is -0.481. The van der Waals surface area contributed by atoms with Crippen molar-refractivity contribution in [3.05, 3.63) is 70.0 Å². The second-order valence-electron chi connectivity index (χ2n) is 4.36. The molecule has 108 valence electrons. The predicted octanol–water partition coefficient (Wildman–Crippen LogP) is 2.78. The van der Waals surface area contributed by atoms with Crippen LogP contribution in [-0.2, 0) is 11.2 Å². The molecule has 0 N–H and O–H groups in total. The Morgan fingerprint density at radius 2 is 1.95 bits per heavy atom. The van der Waals surface area contributed by atoms with Gasteiger partial charge >= 0.3 is 5.97 Å². The van der Waals surface area contributed by atoms with E-state index in [1.165, 1.54) is 24.3 Å². The quantitative estimate of drug-likeness (QED) is 0.353. The molecule has 21 heavy (non-hydrogen) atoms. The molecule has 6 heteroatoms. The van der Waals surface area contributed by atoms with Gasteiger partial charge in [-0.3, -0.25) is 15.1 Å². The zero-order chi connectivity index (χ0) is 15.1. The van der Waals surface area contributed by atoms with Crippen LogP contribution in [0.2, 0.25) is 0 Å². The maximum Gasteiger partial charge on any atom is 0.338 e. The molecule has 0 saturated carbocycles. The van der Waals surface area contributed by atoms with Crippen LogP contribution < -0.4 is 0 Å². The van der Waals surface area contributed by atoms with Crippen LogP contribution in [0.3, 0.4) is 0 Å². The van der Waals surface area contributed by atoms with Crippen LogP contribution in [0.1, 0.15) is 22.5 Å². The molecule has 0 bridgehead atoms. The predicted molar refractivity (Wildman–Crippen MR) is 75.9 cm³/mol. The molecule has 2 aromatic rings. The van der Waals surface area contributed by atoms with Crippen LogP contribution in [0, 0.1) is 10.1 Å². The fourth-order valence-electron chi connectivity index (χ4n) is 1.77. The van der Waals surface area contributed by atoms with Gasteiger partial charge in [0, 0.05) is 24.0 Å². The van der Waals surface area contributed by atoms with E-state index in [9.17, 15) is 14.9 Å². The first-order valence-corrected chi connectivity index (χ1v) is 6.48. The molecule has 0 aliphatic rings. The summed E-state index contributed by atoms with van der Waals surface area (Å²) in [6.45, 7) is 0.284. The lowest BCUT2D eigenvalue weighted by Crippen LogP contribution is -2.07. The first kappa shape index (κ1) is 14.6. The minimum absolute atomic E-state index is 0.0540. The molecule has 1 aromatic heterocycles. The Morgan fingerprint density at radius 1 is 1.19 bits per heavy atom. The summed E-state index contributed by atoms with van der Waals surface area (Å²) in [7, 11) is 0. The number of nitro benzene ring substituents is 1. The van der Waals surface area contributed by atoms with Gasteiger partial charge in [-0.05, 0) is 37.1 Å². The lowest BCUT2D eigenvalue weighted by Gasteiger charge is -2.04. The SMILES string of the molecule is O=C(OCCCc1ccccn1)c1ccc([N+](=O)[O-])cc1. The molecule has 6 nitrogen and oxygen atoms in total. The first-order valence-electron chi connectivity index (χ1n) is 6.48. The Bertz CT molecular complexity index is 611. The van der Waals surface area contributed by atoms with Gasteiger partial charge in [-0.2, -0.15) is 0 Å². The van der Waals surface area contributed by atoms with Crippen molar-refractivity contribution in [3.8, 4) is 0 Å². The maximum atomic E-state index is 11.7. The highest BCUT2D eigenvalue weighted by Gasteiger charge is 2.10. The standard InChI is InChI=1S/C15H14N2O4/c18-15(12-6-8-14(9-7-12)17(19)20)21-11-3-5-13-4-1-2-10-16-13/h1-2,4,6-10H,3,5,11H2. The van der Waals surface area contributed by atoms with Gasteiger partial charge in [-0.15, -0.1) is 0 Å². The number of nitrogens with zero attached hydrogens (tertiary/aromatic N) is 2. The van der Waals surface area contributed by atoms with E-state index in [0.29, 0.717) is 12.0 Å². The molecule has 0 amide bonds. The van der Waals surface area contributed by atoms with Crippen molar-refractivity contribution < 1.29 is 14.5 Å². The molecule has 0 unspecified atom stereocenters. The van der Waals surface area contributed by atoms with Crippen molar-refractivity contribution in [3.63, 3.8) is 0 Å². The molecule has 1 heterocycles. The second-order valence-corrected chi connectivity index (χ2v) is 4.36. The van der Waals surface area contributed by atoms with Crippen LogP contribution >= 0.6 is 0 Å². The van der Waals surface area contributed by atoms with E-state index in [1.807, 2.05) is 18.2 Å². The zero-order valence-corrected chi connectivity index (χ0v) is 11.3. The number of pyridine rings is 1. The fraction of sp³-hybridized carbons (Fsp3) is 0.200. The summed E-state index contributed by atoms with van der Waals surface area (Å²) >= 11 is 0. The molecular weight excluding hydrogens is 272 g/mol. The van der Waals surface area contributed by atoms with Gasteiger partial charge in [-0.1, -0.05) is 6.07 Å². The van der Waals surface area contributed by atoms with E-state index in [4.69, 9.17) is 4.74 Å². The molecule has 0 spiro atoms. The highest BCUT2D eigenvalue weighted by Crippen LogP contribution is 2.12. The van der Waals surface area contributed by atoms with Crippen molar-refractivity contribution >= 4 is 11.7 Å². The molecular formula is C15H14N2O4. The Balaban J connectivity index is 1.78. The highest BCUT2D eigenvalue weighted by atomic mass is 16.6. The van der Waals surface area contributed by atoms with Crippen LogP contribution in [0.25, 0.3) is 0 Å². The lowest BCUT2D eigenvalue weighted by atomic mass is 10.2. The Hall–Kier alpha value is -2.76. The summed E-state index contributed by atoms with van der Waals surface area (Å²) in [6.07, 6.45) is 3.13. The van der Waals surface area contributed by atoms with E-state index in [0.717, 1.165) is 12.1 Å². The second kappa shape index (κ2) is 7.14. The number of non-ortho nitro benzene ring substituents is 1. The Morgan fingerprint density at radius 3 is 2.57 bits per heavy atom. The number of hydrogen-bond acceptors (Lipinski definition) is 5. The number of aromatic nitrogens is 1. The summed E-state index contributed by atoms with van der Waals surface area (Å²) in [5, 5.41) is 10.5.